The highest BCUT2D eigenvalue weighted by Gasteiger charge is 2.46. The molecule has 2 aromatic rings. The maximum Gasteiger partial charge on any atom is 0.259 e. The molecule has 2 aromatic carbocycles. The number of hydrogen-bond acceptors (Lipinski definition) is 3. The van der Waals surface area contributed by atoms with E-state index in [9.17, 15) is 9.59 Å². The third-order valence-corrected chi connectivity index (χ3v) is 7.29. The van der Waals surface area contributed by atoms with Crippen LogP contribution in [0.25, 0.3) is 11.1 Å². The standard InChI is InChI=1S/C28H27N4O2/c1-30(2)15-17-12-13-32-22-11-7-5-9-19(22)24(23(32)14-17)26-25(27(33)29-28(26)34)20-16-31(3)21-10-6-4-8-18(20)21/h4-11,16-17H,12-15H2,1-3H3/q+1/p+1/b25-20+,26-24-/t17-/m1/s1. The number of carbonyl (C=O) groups is 2. The van der Waals surface area contributed by atoms with Crippen LogP contribution in [0.3, 0.4) is 0 Å². The van der Waals surface area contributed by atoms with Gasteiger partial charge < -0.3 is 4.90 Å². The Hall–Kier alpha value is -3.64. The molecule has 6 rings (SSSR count). The van der Waals surface area contributed by atoms with Gasteiger partial charge in [-0.1, -0.05) is 24.3 Å². The average molecular weight is 453 g/mol. The van der Waals surface area contributed by atoms with Crippen molar-refractivity contribution in [2.75, 3.05) is 34.2 Å². The third kappa shape index (κ3) is 3.06. The zero-order chi connectivity index (χ0) is 23.6. The number of amides is 2. The van der Waals surface area contributed by atoms with Crippen LogP contribution in [-0.2, 0) is 9.59 Å². The summed E-state index contributed by atoms with van der Waals surface area (Å²) >= 11 is 0. The summed E-state index contributed by atoms with van der Waals surface area (Å²) in [6.45, 7) is 1.92. The van der Waals surface area contributed by atoms with Gasteiger partial charge in [0.15, 0.2) is 11.9 Å². The SMILES string of the molecule is CN(C)C[C@@H]1CC[N+]2=C(C1)/C(=C1\C(=O)NC(=O)\C1=C1/C=[N+](C)c3ccccc31)c1ccccc12. The van der Waals surface area contributed by atoms with Crippen LogP contribution in [0.1, 0.15) is 24.0 Å². The monoisotopic (exact) mass is 452 g/mol. The maximum absolute atomic E-state index is 13.4. The van der Waals surface area contributed by atoms with Crippen LogP contribution in [0, 0.1) is 5.92 Å². The van der Waals surface area contributed by atoms with E-state index in [1.54, 1.807) is 0 Å². The molecule has 0 spiro atoms. The van der Waals surface area contributed by atoms with E-state index in [1.165, 1.54) is 0 Å². The Labute approximate surface area is 199 Å². The summed E-state index contributed by atoms with van der Waals surface area (Å²) in [6.07, 6.45) is 3.96. The molecule has 1 atom stereocenters. The number of nitrogens with one attached hydrogen (secondary N) is 1. The molecule has 6 heteroatoms. The van der Waals surface area contributed by atoms with Gasteiger partial charge in [-0.05, 0) is 32.1 Å². The lowest BCUT2D eigenvalue weighted by molar-refractivity contribution is -0.445. The summed E-state index contributed by atoms with van der Waals surface area (Å²) in [5.41, 5.74) is 8.07. The lowest BCUT2D eigenvalue weighted by atomic mass is 9.85. The molecular formula is C28H28N4O2+2. The third-order valence-electron chi connectivity index (χ3n) is 7.29. The Morgan fingerprint density at radius 3 is 2.35 bits per heavy atom. The summed E-state index contributed by atoms with van der Waals surface area (Å²) < 4.78 is 4.38. The zero-order valence-electron chi connectivity index (χ0n) is 19.8. The van der Waals surface area contributed by atoms with Gasteiger partial charge in [0.2, 0.25) is 11.4 Å². The van der Waals surface area contributed by atoms with Crippen LogP contribution >= 0.6 is 0 Å². The summed E-state index contributed by atoms with van der Waals surface area (Å²) in [5.74, 6) is -0.116. The minimum absolute atomic E-state index is 0.304. The predicted octanol–water partition coefficient (Wildman–Crippen LogP) is 2.98. The van der Waals surface area contributed by atoms with Crippen molar-refractivity contribution in [3.8, 4) is 0 Å². The molecule has 0 aliphatic carbocycles. The number of hydrogen-bond donors (Lipinski definition) is 1. The predicted molar refractivity (Wildman–Crippen MR) is 133 cm³/mol. The fourth-order valence-electron chi connectivity index (χ4n) is 5.95. The number of fused-ring (bicyclic) bond motifs is 3. The Morgan fingerprint density at radius 1 is 0.912 bits per heavy atom. The molecule has 0 saturated carbocycles. The molecule has 6 nitrogen and oxygen atoms in total. The van der Waals surface area contributed by atoms with Gasteiger partial charge in [-0.2, -0.15) is 4.58 Å². The minimum atomic E-state index is -0.318. The summed E-state index contributed by atoms with van der Waals surface area (Å²) in [6, 6.07) is 16.3. The van der Waals surface area contributed by atoms with Crippen molar-refractivity contribution in [2.45, 2.75) is 12.8 Å². The minimum Gasteiger partial charge on any atom is -0.309 e. The highest BCUT2D eigenvalue weighted by atomic mass is 16.2. The van der Waals surface area contributed by atoms with Gasteiger partial charge in [-0.3, -0.25) is 14.9 Å². The smallest absolute Gasteiger partial charge is 0.259 e. The number of allylic oxidation sites excluding steroid dienone is 2. The number of nitrogens with zero attached hydrogens (tertiary/aromatic N) is 3. The first-order valence-corrected chi connectivity index (χ1v) is 11.8. The van der Waals surface area contributed by atoms with Crippen LogP contribution in [0.4, 0.5) is 11.4 Å². The van der Waals surface area contributed by atoms with Crippen LogP contribution in [0.5, 0.6) is 0 Å². The van der Waals surface area contributed by atoms with Crippen LogP contribution in [0.15, 0.2) is 59.7 Å². The second-order valence-corrected chi connectivity index (χ2v) is 9.82. The van der Waals surface area contributed by atoms with E-state index in [0.717, 1.165) is 65.3 Å². The van der Waals surface area contributed by atoms with Crippen molar-refractivity contribution in [2.24, 2.45) is 5.92 Å². The van der Waals surface area contributed by atoms with Crippen molar-refractivity contribution >= 4 is 46.3 Å². The number of benzene rings is 2. The Balaban J connectivity index is 1.62. The van der Waals surface area contributed by atoms with Crippen molar-refractivity contribution < 1.29 is 18.7 Å². The number of carbonyl (C=O) groups excluding carboxylic acids is 2. The van der Waals surface area contributed by atoms with E-state index >= 15 is 0 Å². The Morgan fingerprint density at radius 2 is 1.59 bits per heavy atom. The van der Waals surface area contributed by atoms with Gasteiger partial charge in [-0.25, -0.2) is 4.58 Å². The van der Waals surface area contributed by atoms with E-state index in [-0.39, 0.29) is 11.8 Å². The first-order valence-electron chi connectivity index (χ1n) is 11.8. The lowest BCUT2D eigenvalue weighted by Crippen LogP contribution is -2.32. The molecule has 170 valence electrons. The molecule has 0 aromatic heterocycles. The van der Waals surface area contributed by atoms with E-state index in [1.807, 2.05) is 54.2 Å². The van der Waals surface area contributed by atoms with Crippen molar-refractivity contribution in [1.29, 1.82) is 0 Å². The van der Waals surface area contributed by atoms with Gasteiger partial charge in [0.25, 0.3) is 11.8 Å². The van der Waals surface area contributed by atoms with Gasteiger partial charge in [0.1, 0.15) is 13.6 Å². The average Bonchev–Trinajstić information content (AvgIpc) is 3.41. The molecule has 34 heavy (non-hydrogen) atoms. The first kappa shape index (κ1) is 20.9. The van der Waals surface area contributed by atoms with E-state index in [2.05, 4.69) is 41.0 Å². The van der Waals surface area contributed by atoms with Crippen molar-refractivity contribution in [3.05, 3.63) is 70.8 Å². The van der Waals surface area contributed by atoms with Gasteiger partial charge in [-0.15, -0.1) is 0 Å². The topological polar surface area (TPSA) is 55.4 Å². The molecule has 2 amide bonds. The normalized spacial score (nSPS) is 25.5. The molecule has 4 heterocycles. The molecule has 4 aliphatic heterocycles. The molecule has 1 saturated heterocycles. The number of imide groups is 1. The molecule has 0 bridgehead atoms. The Kier molecular flexibility index (Phi) is 4.74. The van der Waals surface area contributed by atoms with Crippen LogP contribution in [-0.4, -0.2) is 72.0 Å². The fourth-order valence-corrected chi connectivity index (χ4v) is 5.95. The van der Waals surface area contributed by atoms with Gasteiger partial charge in [0.05, 0.1) is 33.4 Å². The highest BCUT2D eigenvalue weighted by Crippen LogP contribution is 2.45. The summed E-state index contributed by atoms with van der Waals surface area (Å²) in [4.78, 5) is 28.9. The molecule has 4 aliphatic rings. The van der Waals surface area contributed by atoms with E-state index < -0.39 is 0 Å². The second kappa shape index (κ2) is 7.71. The molecule has 0 unspecified atom stereocenters. The summed E-state index contributed by atoms with van der Waals surface area (Å²) in [7, 11) is 6.19. The molecule has 1 fully saturated rings. The zero-order valence-corrected chi connectivity index (χ0v) is 19.8. The van der Waals surface area contributed by atoms with E-state index in [0.29, 0.717) is 17.1 Å². The van der Waals surface area contributed by atoms with Gasteiger partial charge >= 0.3 is 0 Å². The van der Waals surface area contributed by atoms with Crippen LogP contribution < -0.4 is 5.32 Å². The molecule has 1 N–H and O–H groups in total. The number of para-hydroxylation sites is 2. The van der Waals surface area contributed by atoms with Crippen molar-refractivity contribution in [1.82, 2.24) is 10.2 Å². The lowest BCUT2D eigenvalue weighted by Gasteiger charge is -2.23. The molecular weight excluding hydrogens is 424 g/mol. The second-order valence-electron chi connectivity index (χ2n) is 9.82. The van der Waals surface area contributed by atoms with Gasteiger partial charge in [0, 0.05) is 31.5 Å². The van der Waals surface area contributed by atoms with Crippen LogP contribution in [0.2, 0.25) is 0 Å². The van der Waals surface area contributed by atoms with Crippen molar-refractivity contribution in [3.63, 3.8) is 0 Å². The first-order chi connectivity index (χ1) is 16.4. The molecule has 0 radical (unpaired) electrons. The quantitative estimate of drug-likeness (QED) is 0.433. The Bertz CT molecular complexity index is 1410. The summed E-state index contributed by atoms with van der Waals surface area (Å²) in [5, 5.41) is 2.61. The fraction of sp³-hybridized carbons (Fsp3) is 0.286. The number of rotatable bonds is 2. The highest BCUT2D eigenvalue weighted by molar-refractivity contribution is 6.41. The maximum atomic E-state index is 13.4. The largest absolute Gasteiger partial charge is 0.309 e. The van der Waals surface area contributed by atoms with E-state index in [4.69, 9.17) is 0 Å².